The van der Waals surface area contributed by atoms with E-state index >= 15 is 0 Å². The van der Waals surface area contributed by atoms with Crippen molar-refractivity contribution in [3.8, 4) is 45.1 Å². The van der Waals surface area contributed by atoms with E-state index in [0.717, 1.165) is 56.2 Å². The van der Waals surface area contributed by atoms with E-state index in [1.54, 1.807) is 0 Å². The molecule has 0 N–H and O–H groups in total. The Labute approximate surface area is 311 Å². The SMILES string of the molecule is c1ccc(-n2c3ccccc3c3cc4ccc5c6ccccc6n(-c6ccc(-c7cc(-c8ccccn8)cc(-c8ccccn8)c7)cn6)c5c4cc32)cc1. The highest BCUT2D eigenvalue weighted by atomic mass is 15.1. The van der Waals surface area contributed by atoms with Crippen LogP contribution in [0.5, 0.6) is 0 Å². The molecule has 252 valence electrons. The Hall–Kier alpha value is -7.37. The first-order valence-corrected chi connectivity index (χ1v) is 18.2. The van der Waals surface area contributed by atoms with Crippen LogP contribution in [0.2, 0.25) is 0 Å². The molecule has 0 unspecified atom stereocenters. The third-order valence-electron chi connectivity index (χ3n) is 10.6. The highest BCUT2D eigenvalue weighted by molar-refractivity contribution is 6.22. The molecule has 5 nitrogen and oxygen atoms in total. The van der Waals surface area contributed by atoms with E-state index in [1.165, 1.54) is 43.4 Å². The van der Waals surface area contributed by atoms with Crippen molar-refractivity contribution in [2.75, 3.05) is 0 Å². The van der Waals surface area contributed by atoms with Gasteiger partial charge in [0, 0.05) is 67.9 Å². The summed E-state index contributed by atoms with van der Waals surface area (Å²) in [5.74, 6) is 0.868. The number of rotatable bonds is 5. The van der Waals surface area contributed by atoms with Crippen LogP contribution in [-0.2, 0) is 0 Å². The predicted octanol–water partition coefficient (Wildman–Crippen LogP) is 12.2. The molecule has 0 bridgehead atoms. The van der Waals surface area contributed by atoms with Gasteiger partial charge in [0.1, 0.15) is 5.82 Å². The van der Waals surface area contributed by atoms with E-state index in [9.17, 15) is 0 Å². The second-order valence-corrected chi connectivity index (χ2v) is 13.7. The van der Waals surface area contributed by atoms with Crippen LogP contribution in [0.25, 0.3) is 99.5 Å². The van der Waals surface area contributed by atoms with Gasteiger partial charge < -0.3 is 4.57 Å². The number of hydrogen-bond acceptors (Lipinski definition) is 3. The monoisotopic (exact) mass is 689 g/mol. The van der Waals surface area contributed by atoms with Crippen molar-refractivity contribution in [2.24, 2.45) is 0 Å². The summed E-state index contributed by atoms with van der Waals surface area (Å²) in [6.07, 6.45) is 5.66. The minimum atomic E-state index is 0.868. The number of fused-ring (bicyclic) bond motifs is 8. The lowest BCUT2D eigenvalue weighted by Gasteiger charge is -2.13. The van der Waals surface area contributed by atoms with Crippen molar-refractivity contribution in [1.29, 1.82) is 0 Å². The molecular formula is C49H31N5. The lowest BCUT2D eigenvalue weighted by molar-refractivity contribution is 1.08. The van der Waals surface area contributed by atoms with E-state index < -0.39 is 0 Å². The minimum absolute atomic E-state index is 0.868. The second-order valence-electron chi connectivity index (χ2n) is 13.7. The fourth-order valence-electron chi connectivity index (χ4n) is 8.19. The van der Waals surface area contributed by atoms with Gasteiger partial charge in [-0.05, 0) is 102 Å². The van der Waals surface area contributed by atoms with Crippen molar-refractivity contribution in [3.63, 3.8) is 0 Å². The van der Waals surface area contributed by atoms with Gasteiger partial charge in [-0.15, -0.1) is 0 Å². The van der Waals surface area contributed by atoms with Crippen LogP contribution in [0.1, 0.15) is 0 Å². The molecule has 5 heteroatoms. The molecular weight excluding hydrogens is 659 g/mol. The van der Waals surface area contributed by atoms with Gasteiger partial charge >= 0.3 is 0 Å². The topological polar surface area (TPSA) is 48.5 Å². The highest BCUT2D eigenvalue weighted by Gasteiger charge is 2.19. The lowest BCUT2D eigenvalue weighted by Crippen LogP contribution is -1.98. The number of pyridine rings is 3. The molecule has 11 rings (SSSR count). The van der Waals surface area contributed by atoms with Crippen LogP contribution in [0.4, 0.5) is 0 Å². The zero-order valence-electron chi connectivity index (χ0n) is 29.1. The van der Waals surface area contributed by atoms with E-state index in [1.807, 2.05) is 55.0 Å². The summed E-state index contributed by atoms with van der Waals surface area (Å²) in [5, 5.41) is 7.27. The van der Waals surface area contributed by atoms with Gasteiger partial charge in [0.15, 0.2) is 0 Å². The molecule has 6 aromatic carbocycles. The molecule has 0 fully saturated rings. The average Bonchev–Trinajstić information content (AvgIpc) is 3.76. The van der Waals surface area contributed by atoms with Crippen molar-refractivity contribution in [3.05, 3.63) is 188 Å². The van der Waals surface area contributed by atoms with E-state index in [4.69, 9.17) is 4.98 Å². The molecule has 5 heterocycles. The van der Waals surface area contributed by atoms with Crippen molar-refractivity contribution in [1.82, 2.24) is 24.1 Å². The first-order valence-electron chi connectivity index (χ1n) is 18.2. The quantitative estimate of drug-likeness (QED) is 0.181. The van der Waals surface area contributed by atoms with E-state index in [-0.39, 0.29) is 0 Å². The molecule has 0 saturated carbocycles. The number of benzene rings is 6. The summed E-state index contributed by atoms with van der Waals surface area (Å²) in [6, 6.07) is 60.2. The maximum Gasteiger partial charge on any atom is 0.137 e. The number of hydrogen-bond donors (Lipinski definition) is 0. The van der Waals surface area contributed by atoms with Crippen LogP contribution in [0.15, 0.2) is 188 Å². The van der Waals surface area contributed by atoms with Crippen LogP contribution >= 0.6 is 0 Å². The average molecular weight is 690 g/mol. The Bertz CT molecular complexity index is 3120. The zero-order chi connectivity index (χ0) is 35.6. The highest BCUT2D eigenvalue weighted by Crippen LogP contribution is 2.41. The molecule has 0 saturated heterocycles. The number of para-hydroxylation sites is 3. The molecule has 11 aromatic rings. The molecule has 0 spiro atoms. The molecule has 0 aliphatic heterocycles. The van der Waals surface area contributed by atoms with E-state index in [2.05, 4.69) is 153 Å². The summed E-state index contributed by atoms with van der Waals surface area (Å²) < 4.78 is 4.73. The summed E-state index contributed by atoms with van der Waals surface area (Å²) in [5.41, 5.74) is 11.8. The summed E-state index contributed by atoms with van der Waals surface area (Å²) >= 11 is 0. The van der Waals surface area contributed by atoms with Crippen molar-refractivity contribution < 1.29 is 0 Å². The molecule has 5 aromatic heterocycles. The lowest BCUT2D eigenvalue weighted by atomic mass is 9.97. The Morgan fingerprint density at radius 1 is 0.352 bits per heavy atom. The van der Waals surface area contributed by atoms with Gasteiger partial charge in [0.25, 0.3) is 0 Å². The fraction of sp³-hybridized carbons (Fsp3) is 0. The van der Waals surface area contributed by atoms with Crippen LogP contribution in [0.3, 0.4) is 0 Å². The molecule has 0 radical (unpaired) electrons. The summed E-state index contributed by atoms with van der Waals surface area (Å²) in [4.78, 5) is 14.5. The van der Waals surface area contributed by atoms with E-state index in [0.29, 0.717) is 0 Å². The van der Waals surface area contributed by atoms with Crippen molar-refractivity contribution >= 4 is 54.4 Å². The Kier molecular flexibility index (Phi) is 6.79. The van der Waals surface area contributed by atoms with Gasteiger partial charge in [-0.2, -0.15) is 0 Å². The third-order valence-corrected chi connectivity index (χ3v) is 10.6. The molecule has 0 atom stereocenters. The Morgan fingerprint density at radius 2 is 0.981 bits per heavy atom. The molecule has 0 aliphatic rings. The Morgan fingerprint density at radius 3 is 1.65 bits per heavy atom. The number of aromatic nitrogens is 5. The summed E-state index contributed by atoms with van der Waals surface area (Å²) in [6.45, 7) is 0. The molecule has 0 amide bonds. The van der Waals surface area contributed by atoms with Gasteiger partial charge in [0.2, 0.25) is 0 Å². The van der Waals surface area contributed by atoms with Gasteiger partial charge in [-0.1, -0.05) is 78.9 Å². The Balaban J connectivity index is 1.13. The smallest absolute Gasteiger partial charge is 0.137 e. The molecule has 54 heavy (non-hydrogen) atoms. The fourth-order valence-corrected chi connectivity index (χ4v) is 8.19. The largest absolute Gasteiger partial charge is 0.309 e. The van der Waals surface area contributed by atoms with Gasteiger partial charge in [-0.3, -0.25) is 14.5 Å². The van der Waals surface area contributed by atoms with Gasteiger partial charge in [-0.25, -0.2) is 4.98 Å². The maximum absolute atomic E-state index is 5.20. The maximum atomic E-state index is 5.20. The standard InChI is InChI=1S/C49H31N5/c1-2-12-37(13-3-1)53-45-18-6-5-15-39(45)42-29-32-20-22-40-38-14-4-7-19-46(38)54(49(40)41(32)30-47(42)53)48-23-21-33(31-52-48)34-26-35(43-16-8-10-24-50-43)28-36(27-34)44-17-9-11-25-51-44/h1-31H. The third kappa shape index (κ3) is 4.76. The van der Waals surface area contributed by atoms with Crippen LogP contribution in [-0.4, -0.2) is 24.1 Å². The minimum Gasteiger partial charge on any atom is -0.309 e. The van der Waals surface area contributed by atoms with Crippen LogP contribution in [0, 0.1) is 0 Å². The molecule has 0 aliphatic carbocycles. The normalized spacial score (nSPS) is 11.7. The van der Waals surface area contributed by atoms with Gasteiger partial charge in [0.05, 0.1) is 33.5 Å². The summed E-state index contributed by atoms with van der Waals surface area (Å²) in [7, 11) is 0. The first-order chi connectivity index (χ1) is 26.8. The predicted molar refractivity (Wildman–Crippen MR) is 222 cm³/mol. The number of nitrogens with zero attached hydrogens (tertiary/aromatic N) is 5. The van der Waals surface area contributed by atoms with Crippen molar-refractivity contribution in [2.45, 2.75) is 0 Å². The zero-order valence-corrected chi connectivity index (χ0v) is 29.1. The second kappa shape index (κ2) is 12.1. The first kappa shape index (κ1) is 30.3. The van der Waals surface area contributed by atoms with Crippen LogP contribution < -0.4 is 0 Å².